The molecule has 6 nitrogen and oxygen atoms in total. The fourth-order valence-corrected chi connectivity index (χ4v) is 4.42. The van der Waals surface area contributed by atoms with Crippen LogP contribution < -0.4 is 19.7 Å². The third kappa shape index (κ3) is 4.79. The first-order chi connectivity index (χ1) is 17.0. The second-order valence-electron chi connectivity index (χ2n) is 8.31. The average molecular weight is 487 g/mol. The van der Waals surface area contributed by atoms with Crippen LogP contribution in [0.25, 0.3) is 10.8 Å². The predicted molar refractivity (Wildman–Crippen MR) is 138 cm³/mol. The Hall–Kier alpha value is -4.03. The average Bonchev–Trinajstić information content (AvgIpc) is 3.27. The summed E-state index contributed by atoms with van der Waals surface area (Å²) >= 11 is 6.12. The first-order valence-corrected chi connectivity index (χ1v) is 11.6. The van der Waals surface area contributed by atoms with Crippen LogP contribution in [-0.2, 0) is 9.59 Å². The Morgan fingerprint density at radius 3 is 2.54 bits per heavy atom. The number of rotatable bonds is 6. The number of anilines is 2. The van der Waals surface area contributed by atoms with Crippen LogP contribution in [0.5, 0.6) is 17.2 Å². The van der Waals surface area contributed by atoms with Crippen LogP contribution in [0.4, 0.5) is 11.4 Å². The highest BCUT2D eigenvalue weighted by atomic mass is 35.5. The van der Waals surface area contributed by atoms with E-state index in [-0.39, 0.29) is 24.8 Å². The normalized spacial score (nSPS) is 15.3. The Balaban J connectivity index is 1.25. The quantitative estimate of drug-likeness (QED) is 0.348. The first-order valence-electron chi connectivity index (χ1n) is 11.2. The van der Waals surface area contributed by atoms with Gasteiger partial charge in [-0.05, 0) is 53.9 Å². The number of methoxy groups -OCH3 is 1. The summed E-state index contributed by atoms with van der Waals surface area (Å²) in [6.45, 7) is 0.254. The van der Waals surface area contributed by atoms with E-state index in [9.17, 15) is 9.59 Å². The standard InChI is InChI=1S/C28H23ClN2O4/c1-34-26-14-9-20(29)16-24(26)31-17-19(15-27(31)32)28(33)30-21-10-12-22(13-11-21)35-25-8-4-6-18-5-2-3-7-23(18)25/h2-14,16,19H,15,17H2,1H3,(H,30,33)/t19-/m1/s1. The highest BCUT2D eigenvalue weighted by molar-refractivity contribution is 6.31. The van der Waals surface area contributed by atoms with Crippen molar-refractivity contribution in [2.24, 2.45) is 5.92 Å². The molecule has 0 radical (unpaired) electrons. The lowest BCUT2D eigenvalue weighted by Gasteiger charge is -2.20. The van der Waals surface area contributed by atoms with Crippen molar-refractivity contribution in [3.05, 3.63) is 90.0 Å². The summed E-state index contributed by atoms with van der Waals surface area (Å²) in [5, 5.41) is 5.53. The number of fused-ring (bicyclic) bond motifs is 1. The zero-order valence-electron chi connectivity index (χ0n) is 19.0. The smallest absolute Gasteiger partial charge is 0.229 e. The van der Waals surface area contributed by atoms with Gasteiger partial charge in [-0.25, -0.2) is 0 Å². The van der Waals surface area contributed by atoms with Crippen LogP contribution in [0.1, 0.15) is 6.42 Å². The number of hydrogen-bond acceptors (Lipinski definition) is 4. The van der Waals surface area contributed by atoms with Crippen molar-refractivity contribution in [2.75, 3.05) is 23.9 Å². The van der Waals surface area contributed by atoms with Gasteiger partial charge in [0.1, 0.15) is 17.2 Å². The highest BCUT2D eigenvalue weighted by Gasteiger charge is 2.36. The van der Waals surface area contributed by atoms with E-state index in [1.807, 2.05) is 42.5 Å². The Labute approximate surface area is 208 Å². The predicted octanol–water partition coefficient (Wildman–Crippen LogP) is 6.29. The topological polar surface area (TPSA) is 67.9 Å². The van der Waals surface area contributed by atoms with Crippen LogP contribution >= 0.6 is 11.6 Å². The Morgan fingerprint density at radius 1 is 0.971 bits per heavy atom. The van der Waals surface area contributed by atoms with Gasteiger partial charge in [0.2, 0.25) is 11.8 Å². The summed E-state index contributed by atoms with van der Waals surface area (Å²) in [6.07, 6.45) is 0.115. The van der Waals surface area contributed by atoms with Gasteiger partial charge in [0.15, 0.2) is 0 Å². The Bertz CT molecular complexity index is 1400. The summed E-state index contributed by atoms with van der Waals surface area (Å²) in [7, 11) is 1.53. The molecule has 1 fully saturated rings. The summed E-state index contributed by atoms with van der Waals surface area (Å²) in [4.78, 5) is 27.1. The fraction of sp³-hybridized carbons (Fsp3) is 0.143. The molecule has 1 heterocycles. The maximum Gasteiger partial charge on any atom is 0.229 e. The molecule has 1 atom stereocenters. The number of benzene rings is 4. The molecule has 4 aromatic rings. The molecule has 5 rings (SSSR count). The van der Waals surface area contributed by atoms with Gasteiger partial charge in [0.05, 0.1) is 18.7 Å². The lowest BCUT2D eigenvalue weighted by atomic mass is 10.1. The maximum absolute atomic E-state index is 12.9. The van der Waals surface area contributed by atoms with Gasteiger partial charge in [-0.1, -0.05) is 48.0 Å². The minimum atomic E-state index is -0.488. The molecule has 35 heavy (non-hydrogen) atoms. The second kappa shape index (κ2) is 9.68. The van der Waals surface area contributed by atoms with Crippen molar-refractivity contribution in [1.29, 1.82) is 0 Å². The summed E-state index contributed by atoms with van der Waals surface area (Å²) < 4.78 is 11.4. The number of nitrogens with zero attached hydrogens (tertiary/aromatic N) is 1. The van der Waals surface area contributed by atoms with Crippen molar-refractivity contribution in [1.82, 2.24) is 0 Å². The van der Waals surface area contributed by atoms with Gasteiger partial charge in [0, 0.05) is 29.1 Å². The van der Waals surface area contributed by atoms with E-state index in [1.165, 1.54) is 7.11 Å². The summed E-state index contributed by atoms with van der Waals surface area (Å²) in [5.41, 5.74) is 1.20. The highest BCUT2D eigenvalue weighted by Crippen LogP contribution is 2.36. The van der Waals surface area contributed by atoms with Gasteiger partial charge >= 0.3 is 0 Å². The van der Waals surface area contributed by atoms with E-state index in [1.54, 1.807) is 47.4 Å². The molecule has 0 spiro atoms. The molecule has 2 amide bonds. The van der Waals surface area contributed by atoms with E-state index >= 15 is 0 Å². The van der Waals surface area contributed by atoms with Crippen molar-refractivity contribution in [3.63, 3.8) is 0 Å². The second-order valence-corrected chi connectivity index (χ2v) is 8.75. The first kappa shape index (κ1) is 22.7. The summed E-state index contributed by atoms with van der Waals surface area (Å²) in [6, 6.07) is 26.2. The van der Waals surface area contributed by atoms with E-state index in [2.05, 4.69) is 5.32 Å². The van der Waals surface area contributed by atoms with E-state index in [0.717, 1.165) is 16.5 Å². The van der Waals surface area contributed by atoms with Crippen molar-refractivity contribution in [3.8, 4) is 17.2 Å². The third-order valence-electron chi connectivity index (χ3n) is 6.03. The van der Waals surface area contributed by atoms with Gasteiger partial charge in [-0.15, -0.1) is 0 Å². The number of carbonyl (C=O) groups excluding carboxylic acids is 2. The monoisotopic (exact) mass is 486 g/mol. The van der Waals surface area contributed by atoms with Gasteiger partial charge in [0.25, 0.3) is 0 Å². The molecule has 7 heteroatoms. The minimum Gasteiger partial charge on any atom is -0.495 e. The number of carbonyl (C=O) groups is 2. The molecular weight excluding hydrogens is 464 g/mol. The van der Waals surface area contributed by atoms with E-state index in [0.29, 0.717) is 27.9 Å². The zero-order valence-corrected chi connectivity index (χ0v) is 19.8. The van der Waals surface area contributed by atoms with Crippen LogP contribution in [-0.4, -0.2) is 25.5 Å². The van der Waals surface area contributed by atoms with Crippen LogP contribution in [0.2, 0.25) is 5.02 Å². The number of halogens is 1. The lowest BCUT2D eigenvalue weighted by Crippen LogP contribution is -2.28. The SMILES string of the molecule is COc1ccc(Cl)cc1N1C[C@H](C(=O)Nc2ccc(Oc3cccc4ccccc34)cc2)CC1=O. The van der Waals surface area contributed by atoms with Gasteiger partial charge < -0.3 is 19.7 Å². The van der Waals surface area contributed by atoms with Crippen molar-refractivity contribution < 1.29 is 19.1 Å². The number of ether oxygens (including phenoxy) is 2. The molecule has 0 unspecified atom stereocenters. The maximum atomic E-state index is 12.9. The lowest BCUT2D eigenvalue weighted by molar-refractivity contribution is -0.122. The molecule has 0 saturated carbocycles. The Kier molecular flexibility index (Phi) is 6.29. The molecule has 0 aromatic heterocycles. The number of amides is 2. The van der Waals surface area contributed by atoms with Crippen LogP contribution in [0.3, 0.4) is 0 Å². The van der Waals surface area contributed by atoms with Crippen molar-refractivity contribution >= 4 is 45.6 Å². The van der Waals surface area contributed by atoms with Crippen LogP contribution in [0, 0.1) is 5.92 Å². The van der Waals surface area contributed by atoms with E-state index < -0.39 is 5.92 Å². The summed E-state index contributed by atoms with van der Waals surface area (Å²) in [5.74, 6) is 1.10. The fourth-order valence-electron chi connectivity index (χ4n) is 4.25. The molecule has 0 bridgehead atoms. The van der Waals surface area contributed by atoms with Gasteiger partial charge in [-0.2, -0.15) is 0 Å². The van der Waals surface area contributed by atoms with E-state index in [4.69, 9.17) is 21.1 Å². The molecule has 176 valence electrons. The number of hydrogen-bond donors (Lipinski definition) is 1. The van der Waals surface area contributed by atoms with Gasteiger partial charge in [-0.3, -0.25) is 9.59 Å². The molecular formula is C28H23ClN2O4. The molecule has 1 saturated heterocycles. The third-order valence-corrected chi connectivity index (χ3v) is 6.26. The molecule has 1 N–H and O–H groups in total. The van der Waals surface area contributed by atoms with Crippen molar-refractivity contribution in [2.45, 2.75) is 6.42 Å². The number of nitrogens with one attached hydrogen (secondary N) is 1. The molecule has 1 aliphatic rings. The minimum absolute atomic E-state index is 0.115. The zero-order chi connectivity index (χ0) is 24.4. The molecule has 0 aliphatic carbocycles. The Morgan fingerprint density at radius 2 is 1.74 bits per heavy atom. The molecule has 1 aliphatic heterocycles. The van der Waals surface area contributed by atoms with Crippen LogP contribution in [0.15, 0.2) is 84.9 Å². The molecule has 4 aromatic carbocycles. The largest absolute Gasteiger partial charge is 0.495 e.